The number of carbonyl (C=O) groups is 2. The molecule has 22 heavy (non-hydrogen) atoms. The molecule has 0 amide bonds. The van der Waals surface area contributed by atoms with E-state index in [1.807, 2.05) is 0 Å². The smallest absolute Gasteiger partial charge is 0.327 e. The molecule has 0 aliphatic rings. The van der Waals surface area contributed by atoms with Crippen molar-refractivity contribution in [3.63, 3.8) is 0 Å². The Balaban J connectivity index is 3.06. The minimum atomic E-state index is -1.57. The quantitative estimate of drug-likeness (QED) is 0.313. The van der Waals surface area contributed by atoms with Gasteiger partial charge in [0.1, 0.15) is 0 Å². The van der Waals surface area contributed by atoms with Crippen LogP contribution in [0.15, 0.2) is 30.3 Å². The van der Waals surface area contributed by atoms with Gasteiger partial charge < -0.3 is 9.47 Å². The molecule has 0 fully saturated rings. The zero-order chi connectivity index (χ0) is 16.5. The highest BCUT2D eigenvalue weighted by atomic mass is 16.6. The lowest BCUT2D eigenvalue weighted by Gasteiger charge is -2.18. The Morgan fingerprint density at radius 2 is 1.59 bits per heavy atom. The summed E-state index contributed by atoms with van der Waals surface area (Å²) >= 11 is 0. The van der Waals surface area contributed by atoms with E-state index in [0.29, 0.717) is 5.56 Å². The second-order valence-electron chi connectivity index (χ2n) is 4.52. The Morgan fingerprint density at radius 3 is 2.00 bits per heavy atom. The van der Waals surface area contributed by atoms with Gasteiger partial charge in [0.05, 0.1) is 13.2 Å². The van der Waals surface area contributed by atoms with E-state index in [-0.39, 0.29) is 19.6 Å². The molecule has 1 rings (SSSR count). The van der Waals surface area contributed by atoms with E-state index in [0.717, 1.165) is 0 Å². The summed E-state index contributed by atoms with van der Waals surface area (Å²) in [5.74, 6) is -3.44. The zero-order valence-electron chi connectivity index (χ0n) is 12.6. The van der Waals surface area contributed by atoms with Gasteiger partial charge in [-0.1, -0.05) is 30.3 Å². The number of nitrogens with zero attached hydrogens (tertiary/aromatic N) is 1. The third-order valence-electron chi connectivity index (χ3n) is 3.02. The molecule has 0 N–H and O–H groups in total. The number of hydrogen-bond donors (Lipinski definition) is 0. The van der Waals surface area contributed by atoms with Crippen molar-refractivity contribution in [2.24, 2.45) is 5.92 Å². The van der Waals surface area contributed by atoms with Crippen molar-refractivity contribution in [3.05, 3.63) is 46.0 Å². The molecule has 1 aromatic carbocycles. The molecule has 1 aromatic rings. The first kappa shape index (κ1) is 17.6. The number of esters is 2. The van der Waals surface area contributed by atoms with Gasteiger partial charge in [0.25, 0.3) is 0 Å². The topological polar surface area (TPSA) is 95.7 Å². The van der Waals surface area contributed by atoms with Crippen LogP contribution < -0.4 is 0 Å². The summed E-state index contributed by atoms with van der Waals surface area (Å²) in [4.78, 5) is 34.7. The lowest BCUT2D eigenvalue weighted by molar-refractivity contribution is -0.527. The van der Waals surface area contributed by atoms with Crippen LogP contribution in [0.2, 0.25) is 0 Å². The molecular formula is C15H19NO6. The molecule has 7 heteroatoms. The van der Waals surface area contributed by atoms with Crippen LogP contribution in [0.25, 0.3) is 0 Å². The van der Waals surface area contributed by atoms with Gasteiger partial charge in [-0.05, 0) is 19.4 Å². The van der Waals surface area contributed by atoms with Crippen molar-refractivity contribution < 1.29 is 24.0 Å². The van der Waals surface area contributed by atoms with Gasteiger partial charge in [-0.15, -0.1) is 0 Å². The van der Waals surface area contributed by atoms with Gasteiger partial charge in [0.2, 0.25) is 12.0 Å². The normalized spacial score (nSPS) is 11.8. The van der Waals surface area contributed by atoms with Gasteiger partial charge in [-0.25, -0.2) is 0 Å². The van der Waals surface area contributed by atoms with E-state index in [1.54, 1.807) is 44.2 Å². The van der Waals surface area contributed by atoms with Gasteiger partial charge in [0, 0.05) is 11.3 Å². The molecule has 0 radical (unpaired) electrons. The summed E-state index contributed by atoms with van der Waals surface area (Å²) < 4.78 is 9.59. The van der Waals surface area contributed by atoms with Gasteiger partial charge >= 0.3 is 11.9 Å². The van der Waals surface area contributed by atoms with Gasteiger partial charge in [-0.2, -0.15) is 0 Å². The maximum Gasteiger partial charge on any atom is 0.327 e. The summed E-state index contributed by atoms with van der Waals surface area (Å²) in [6.07, 6.45) is -0.0594. The molecule has 0 aliphatic heterocycles. The van der Waals surface area contributed by atoms with Crippen LogP contribution >= 0.6 is 0 Å². The van der Waals surface area contributed by atoms with Crippen LogP contribution in [-0.2, 0) is 25.5 Å². The molecule has 0 saturated carbocycles. The lowest BCUT2D eigenvalue weighted by Crippen LogP contribution is -2.43. The molecule has 7 nitrogen and oxygen atoms in total. The fraction of sp³-hybridized carbons (Fsp3) is 0.467. The maximum absolute atomic E-state index is 12.0. The van der Waals surface area contributed by atoms with E-state index in [2.05, 4.69) is 0 Å². The molecule has 0 unspecified atom stereocenters. The number of benzene rings is 1. The summed E-state index contributed by atoms with van der Waals surface area (Å²) in [6.45, 7) is 3.20. The van der Waals surface area contributed by atoms with Gasteiger partial charge in [-0.3, -0.25) is 19.7 Å². The van der Waals surface area contributed by atoms with Crippen molar-refractivity contribution >= 4 is 11.9 Å². The molecule has 1 atom stereocenters. The largest absolute Gasteiger partial charge is 0.465 e. The predicted molar refractivity (Wildman–Crippen MR) is 77.7 cm³/mol. The second-order valence-corrected chi connectivity index (χ2v) is 4.52. The second kappa shape index (κ2) is 8.76. The molecule has 0 saturated heterocycles. The molecule has 0 spiro atoms. The van der Waals surface area contributed by atoms with E-state index >= 15 is 0 Å². The molecule has 0 aliphatic carbocycles. The Hall–Kier alpha value is -2.44. The summed E-state index contributed by atoms with van der Waals surface area (Å²) in [7, 11) is 0. The molecule has 0 heterocycles. The van der Waals surface area contributed by atoms with Crippen LogP contribution in [0.5, 0.6) is 0 Å². The minimum Gasteiger partial charge on any atom is -0.465 e. The molecule has 120 valence electrons. The van der Waals surface area contributed by atoms with E-state index < -0.39 is 28.8 Å². The average Bonchev–Trinajstić information content (AvgIpc) is 2.48. The van der Waals surface area contributed by atoms with Crippen molar-refractivity contribution in [1.29, 1.82) is 0 Å². The number of rotatable bonds is 8. The Morgan fingerprint density at radius 1 is 1.09 bits per heavy atom. The first-order valence-corrected chi connectivity index (χ1v) is 7.01. The standard InChI is InChI=1S/C15H19NO6/c1-3-21-14(17)13(15(18)22-4-2)12(16(19)20)10-11-8-6-5-7-9-11/h5-9,12-13H,3-4,10H2,1-2H3/t12-/m0/s1. The number of hydrogen-bond acceptors (Lipinski definition) is 6. The third kappa shape index (κ3) is 4.83. The number of carbonyl (C=O) groups excluding carboxylic acids is 2. The minimum absolute atomic E-state index is 0.0323. The molecule has 0 aromatic heterocycles. The van der Waals surface area contributed by atoms with E-state index in [1.165, 1.54) is 0 Å². The highest BCUT2D eigenvalue weighted by molar-refractivity contribution is 5.95. The Kier molecular flexibility index (Phi) is 7.01. The van der Waals surface area contributed by atoms with Crippen molar-refractivity contribution in [2.45, 2.75) is 26.3 Å². The SMILES string of the molecule is CCOC(=O)C(C(=O)OCC)[C@H](Cc1ccccc1)[N+](=O)[O-]. The number of nitro groups is 1. The summed E-state index contributed by atoms with van der Waals surface area (Å²) in [5.41, 5.74) is 0.655. The van der Waals surface area contributed by atoms with Crippen LogP contribution in [0.1, 0.15) is 19.4 Å². The molecule has 0 bridgehead atoms. The average molecular weight is 309 g/mol. The van der Waals surface area contributed by atoms with E-state index in [4.69, 9.17) is 9.47 Å². The fourth-order valence-electron chi connectivity index (χ4n) is 2.04. The first-order chi connectivity index (χ1) is 10.5. The van der Waals surface area contributed by atoms with Crippen LogP contribution in [0, 0.1) is 16.0 Å². The predicted octanol–water partition coefficient (Wildman–Crippen LogP) is 1.62. The van der Waals surface area contributed by atoms with Gasteiger partial charge in [0.15, 0.2) is 0 Å². The van der Waals surface area contributed by atoms with Crippen LogP contribution in [0.3, 0.4) is 0 Å². The highest BCUT2D eigenvalue weighted by Gasteiger charge is 2.45. The van der Waals surface area contributed by atoms with Crippen molar-refractivity contribution in [2.75, 3.05) is 13.2 Å². The zero-order valence-corrected chi connectivity index (χ0v) is 12.6. The monoisotopic (exact) mass is 309 g/mol. The fourth-order valence-corrected chi connectivity index (χ4v) is 2.04. The molecular weight excluding hydrogens is 290 g/mol. The van der Waals surface area contributed by atoms with Crippen molar-refractivity contribution in [3.8, 4) is 0 Å². The van der Waals surface area contributed by atoms with Crippen molar-refractivity contribution in [1.82, 2.24) is 0 Å². The van der Waals surface area contributed by atoms with Crippen LogP contribution in [0.4, 0.5) is 0 Å². The van der Waals surface area contributed by atoms with E-state index in [9.17, 15) is 19.7 Å². The first-order valence-electron chi connectivity index (χ1n) is 7.01. The lowest BCUT2D eigenvalue weighted by atomic mass is 9.94. The third-order valence-corrected chi connectivity index (χ3v) is 3.02. The summed E-state index contributed by atoms with van der Waals surface area (Å²) in [6, 6.07) is 7.21. The summed E-state index contributed by atoms with van der Waals surface area (Å²) in [5, 5.41) is 11.4. The Bertz CT molecular complexity index is 498. The number of ether oxygens (including phenoxy) is 2. The maximum atomic E-state index is 12.0. The highest BCUT2D eigenvalue weighted by Crippen LogP contribution is 2.17. The van der Waals surface area contributed by atoms with Crippen LogP contribution in [-0.4, -0.2) is 36.1 Å². The Labute approximate surface area is 128 Å².